The predicted octanol–water partition coefficient (Wildman–Crippen LogP) is 5.02. The van der Waals surface area contributed by atoms with Gasteiger partial charge >= 0.3 is 0 Å². The fourth-order valence-electron chi connectivity index (χ4n) is 3.78. The van der Waals surface area contributed by atoms with Gasteiger partial charge in [0, 0.05) is 44.2 Å². The number of nitrogens with zero attached hydrogens (tertiary/aromatic N) is 3. The van der Waals surface area contributed by atoms with Crippen LogP contribution in [0.1, 0.15) is 44.9 Å². The number of aromatic nitrogens is 3. The average Bonchev–Trinajstić information content (AvgIpc) is 3.47. The fourth-order valence-corrected chi connectivity index (χ4v) is 3.78. The van der Waals surface area contributed by atoms with E-state index in [4.69, 9.17) is 4.98 Å². The average molecular weight is 433 g/mol. The lowest BCUT2D eigenvalue weighted by Gasteiger charge is -2.15. The first-order chi connectivity index (χ1) is 15.7. The smallest absolute Gasteiger partial charge is 0.130 e. The number of fused-ring (bicyclic) bond motifs is 2. The minimum Gasteiger partial charge on any atom is -0.391 e. The van der Waals surface area contributed by atoms with E-state index < -0.39 is 0 Å². The van der Waals surface area contributed by atoms with Gasteiger partial charge in [-0.05, 0) is 74.5 Å². The van der Waals surface area contributed by atoms with Gasteiger partial charge in [-0.2, -0.15) is 5.10 Å². The van der Waals surface area contributed by atoms with Crippen molar-refractivity contribution >= 4 is 16.9 Å². The highest BCUT2D eigenvalue weighted by atomic mass is 15.2. The molecule has 3 N–H and O–H groups in total. The first-order valence-corrected chi connectivity index (χ1v) is 11.3. The molecule has 170 valence electrons. The maximum Gasteiger partial charge on any atom is 0.130 e. The molecule has 0 aliphatic heterocycles. The second-order valence-corrected chi connectivity index (χ2v) is 7.37. The standard InChI is InChI=1S/C22H21N5.C2H7N.C2H6.H2/c1-23-16-3-2-4-17(14-16)25-22-8-6-20-19(5-7-21(20)26-22)15-10-12-27-18(13-15)9-11-24-27;1-3-2;1-2;/h4-6,8-14,23H,2-3,7H2,1H3,(H,25,26);3H,1-2H3;1-2H3;1H. The third kappa shape index (κ3) is 5.26. The van der Waals surface area contributed by atoms with Crippen molar-refractivity contribution in [3.8, 4) is 0 Å². The monoisotopic (exact) mass is 432 g/mol. The Labute approximate surface area is 192 Å². The summed E-state index contributed by atoms with van der Waals surface area (Å²) in [6.07, 6.45) is 13.4. The third-order valence-corrected chi connectivity index (χ3v) is 5.18. The van der Waals surface area contributed by atoms with Crippen LogP contribution in [0, 0.1) is 0 Å². The molecule has 0 atom stereocenters. The lowest BCUT2D eigenvalue weighted by Crippen LogP contribution is -2.11. The Morgan fingerprint density at radius 1 is 1.03 bits per heavy atom. The Bertz CT molecular complexity index is 1140. The molecule has 0 radical (unpaired) electrons. The van der Waals surface area contributed by atoms with Crippen LogP contribution in [0.5, 0.6) is 0 Å². The van der Waals surface area contributed by atoms with E-state index in [2.05, 4.69) is 63.5 Å². The second kappa shape index (κ2) is 11.3. The Kier molecular flexibility index (Phi) is 8.22. The van der Waals surface area contributed by atoms with Crippen LogP contribution in [0.15, 0.2) is 72.3 Å². The van der Waals surface area contributed by atoms with Crippen LogP contribution in [0.4, 0.5) is 5.82 Å². The van der Waals surface area contributed by atoms with E-state index in [0.29, 0.717) is 0 Å². The van der Waals surface area contributed by atoms with Crippen molar-refractivity contribution in [2.45, 2.75) is 33.1 Å². The molecule has 5 rings (SSSR count). The van der Waals surface area contributed by atoms with Crippen LogP contribution in [0.3, 0.4) is 0 Å². The SMILES string of the molecule is CC.CNC.CNC1=CC(Nc2ccc3c(n2)CC=C3c2ccn3nccc3c2)=CCC1.[HH]. The number of pyridine rings is 2. The molecular weight excluding hydrogens is 396 g/mol. The summed E-state index contributed by atoms with van der Waals surface area (Å²) in [6.45, 7) is 4.00. The first kappa shape index (κ1) is 23.3. The molecule has 3 aromatic heterocycles. The van der Waals surface area contributed by atoms with E-state index in [-0.39, 0.29) is 1.43 Å². The van der Waals surface area contributed by atoms with Gasteiger partial charge in [-0.3, -0.25) is 0 Å². The molecule has 2 aliphatic rings. The summed E-state index contributed by atoms with van der Waals surface area (Å²) in [5.41, 5.74) is 8.26. The molecule has 32 heavy (non-hydrogen) atoms. The molecule has 0 saturated carbocycles. The molecule has 0 spiro atoms. The summed E-state index contributed by atoms with van der Waals surface area (Å²) in [4.78, 5) is 4.86. The molecular formula is C26H36N6. The molecule has 6 heteroatoms. The summed E-state index contributed by atoms with van der Waals surface area (Å²) >= 11 is 0. The molecule has 2 aliphatic carbocycles. The van der Waals surface area contributed by atoms with Gasteiger partial charge in [0.15, 0.2) is 0 Å². The van der Waals surface area contributed by atoms with Gasteiger partial charge in [0.25, 0.3) is 0 Å². The summed E-state index contributed by atoms with van der Waals surface area (Å²) < 4.78 is 1.88. The molecule has 0 fully saturated rings. The minimum atomic E-state index is 0. The highest BCUT2D eigenvalue weighted by molar-refractivity contribution is 5.85. The highest BCUT2D eigenvalue weighted by Gasteiger charge is 2.18. The van der Waals surface area contributed by atoms with Crippen molar-refractivity contribution in [2.24, 2.45) is 0 Å². The number of nitrogens with one attached hydrogen (secondary N) is 3. The second-order valence-electron chi connectivity index (χ2n) is 7.37. The van der Waals surface area contributed by atoms with Crippen molar-refractivity contribution in [3.63, 3.8) is 0 Å². The van der Waals surface area contributed by atoms with Crippen LogP contribution in [0.2, 0.25) is 0 Å². The Balaban J connectivity index is 0.000000597. The first-order valence-electron chi connectivity index (χ1n) is 11.3. The summed E-state index contributed by atoms with van der Waals surface area (Å²) in [5, 5.41) is 13.7. The molecule has 3 heterocycles. The number of rotatable bonds is 4. The van der Waals surface area contributed by atoms with Crippen LogP contribution < -0.4 is 16.0 Å². The quantitative estimate of drug-likeness (QED) is 0.540. The van der Waals surface area contributed by atoms with E-state index in [1.165, 1.54) is 22.4 Å². The van der Waals surface area contributed by atoms with E-state index >= 15 is 0 Å². The Morgan fingerprint density at radius 3 is 2.62 bits per heavy atom. The van der Waals surface area contributed by atoms with Crippen molar-refractivity contribution in [1.29, 1.82) is 0 Å². The van der Waals surface area contributed by atoms with Crippen LogP contribution in [-0.4, -0.2) is 35.7 Å². The fraction of sp³-hybridized carbons (Fsp3) is 0.308. The maximum atomic E-state index is 4.86. The molecule has 0 unspecified atom stereocenters. The van der Waals surface area contributed by atoms with Gasteiger partial charge in [0.2, 0.25) is 0 Å². The molecule has 0 aromatic carbocycles. The zero-order valence-electron chi connectivity index (χ0n) is 19.7. The van der Waals surface area contributed by atoms with E-state index in [1.54, 1.807) is 0 Å². The van der Waals surface area contributed by atoms with Gasteiger partial charge in [0.1, 0.15) is 5.82 Å². The van der Waals surface area contributed by atoms with Crippen LogP contribution >= 0.6 is 0 Å². The van der Waals surface area contributed by atoms with Gasteiger partial charge in [-0.15, -0.1) is 0 Å². The third-order valence-electron chi connectivity index (χ3n) is 5.18. The number of hydrogen-bond donors (Lipinski definition) is 3. The number of anilines is 1. The predicted molar refractivity (Wildman–Crippen MR) is 137 cm³/mol. The van der Waals surface area contributed by atoms with Crippen molar-refractivity contribution in [2.75, 3.05) is 26.5 Å². The van der Waals surface area contributed by atoms with E-state index in [9.17, 15) is 0 Å². The van der Waals surface area contributed by atoms with Crippen LogP contribution in [-0.2, 0) is 6.42 Å². The van der Waals surface area contributed by atoms with E-state index in [0.717, 1.165) is 42.0 Å². The van der Waals surface area contributed by atoms with Crippen molar-refractivity contribution < 1.29 is 1.43 Å². The Hall–Kier alpha value is -3.38. The molecule has 6 nitrogen and oxygen atoms in total. The summed E-state index contributed by atoms with van der Waals surface area (Å²) in [5.74, 6) is 0.898. The van der Waals surface area contributed by atoms with Gasteiger partial charge < -0.3 is 16.0 Å². The van der Waals surface area contributed by atoms with Gasteiger partial charge in [0.05, 0.1) is 11.2 Å². The zero-order valence-corrected chi connectivity index (χ0v) is 19.7. The molecule has 3 aromatic rings. The highest BCUT2D eigenvalue weighted by Crippen LogP contribution is 2.33. The normalized spacial score (nSPS) is 14.1. The molecule has 0 amide bonds. The Morgan fingerprint density at radius 2 is 1.84 bits per heavy atom. The summed E-state index contributed by atoms with van der Waals surface area (Å²) in [7, 11) is 5.72. The zero-order chi connectivity index (χ0) is 22.9. The number of allylic oxidation sites excluding steroid dienone is 4. The van der Waals surface area contributed by atoms with Crippen molar-refractivity contribution in [1.82, 2.24) is 25.2 Å². The van der Waals surface area contributed by atoms with Crippen molar-refractivity contribution in [3.05, 3.63) is 89.2 Å². The topological polar surface area (TPSA) is 66.3 Å². The lowest BCUT2D eigenvalue weighted by molar-refractivity contribution is 0.833. The van der Waals surface area contributed by atoms with Gasteiger partial charge in [-0.25, -0.2) is 9.50 Å². The largest absolute Gasteiger partial charge is 0.391 e. The van der Waals surface area contributed by atoms with E-state index in [1.807, 2.05) is 58.0 Å². The summed E-state index contributed by atoms with van der Waals surface area (Å²) in [6, 6.07) is 10.6. The molecule has 0 bridgehead atoms. The maximum absolute atomic E-state index is 4.86. The van der Waals surface area contributed by atoms with Crippen LogP contribution in [0.25, 0.3) is 11.1 Å². The molecule has 0 saturated heterocycles. The number of hydrogen-bond acceptors (Lipinski definition) is 5. The minimum absolute atomic E-state index is 0. The lowest BCUT2D eigenvalue weighted by atomic mass is 10.0. The van der Waals surface area contributed by atoms with Gasteiger partial charge in [-0.1, -0.05) is 26.0 Å².